The zero-order valence-electron chi connectivity index (χ0n) is 19.7. The maximum Gasteiger partial charge on any atom is 0.137 e. The fourth-order valence-corrected chi connectivity index (χ4v) is 5.54. The summed E-state index contributed by atoms with van der Waals surface area (Å²) < 4.78 is 15.9. The second kappa shape index (κ2) is 8.87. The van der Waals surface area contributed by atoms with Crippen molar-refractivity contribution in [3.05, 3.63) is 71.2 Å². The normalized spacial score (nSPS) is 16.1. The van der Waals surface area contributed by atoms with Gasteiger partial charge in [0.1, 0.15) is 17.5 Å². The third kappa shape index (κ3) is 3.88. The average Bonchev–Trinajstić information content (AvgIpc) is 3.48. The summed E-state index contributed by atoms with van der Waals surface area (Å²) >= 11 is 0. The molecule has 1 N–H and O–H groups in total. The molecule has 1 saturated heterocycles. The molecule has 4 aromatic rings. The van der Waals surface area contributed by atoms with Crippen LogP contribution < -0.4 is 4.90 Å². The number of fused-ring (bicyclic) bond motifs is 4. The van der Waals surface area contributed by atoms with E-state index in [1.54, 1.807) is 6.07 Å². The highest BCUT2D eigenvalue weighted by Crippen LogP contribution is 2.30. The van der Waals surface area contributed by atoms with E-state index in [1.165, 1.54) is 28.6 Å². The number of aromatic amines is 1. The van der Waals surface area contributed by atoms with Crippen LogP contribution in [0.2, 0.25) is 0 Å². The second-order valence-corrected chi connectivity index (χ2v) is 9.47. The van der Waals surface area contributed by atoms with Gasteiger partial charge in [-0.05, 0) is 73.3 Å². The van der Waals surface area contributed by atoms with Gasteiger partial charge in [0.15, 0.2) is 0 Å². The van der Waals surface area contributed by atoms with E-state index in [1.807, 2.05) is 12.3 Å². The van der Waals surface area contributed by atoms with Crippen molar-refractivity contribution in [1.29, 1.82) is 0 Å². The molecule has 34 heavy (non-hydrogen) atoms. The summed E-state index contributed by atoms with van der Waals surface area (Å²) in [6.45, 7) is 7.48. The fourth-order valence-electron chi connectivity index (χ4n) is 5.54. The molecule has 1 fully saturated rings. The Hall–Kier alpha value is -3.19. The lowest BCUT2D eigenvalue weighted by Crippen LogP contribution is -2.46. The molecule has 0 bridgehead atoms. The molecule has 7 heteroatoms. The van der Waals surface area contributed by atoms with Gasteiger partial charge < -0.3 is 9.88 Å². The van der Waals surface area contributed by atoms with Crippen LogP contribution >= 0.6 is 0 Å². The largest absolute Gasteiger partial charge is 0.369 e. The number of benzene rings is 2. The third-order valence-electron chi connectivity index (χ3n) is 7.42. The average molecular weight is 459 g/mol. The van der Waals surface area contributed by atoms with E-state index >= 15 is 0 Å². The maximum atomic E-state index is 13.6. The predicted molar refractivity (Wildman–Crippen MR) is 133 cm³/mol. The molecule has 0 amide bonds. The number of piperazine rings is 1. The fraction of sp³-hybridized carbons (Fsp3) is 0.407. The van der Waals surface area contributed by atoms with E-state index < -0.39 is 0 Å². The number of aryl methyl sites for hydroxylation is 4. The van der Waals surface area contributed by atoms with Gasteiger partial charge in [0, 0.05) is 61.8 Å². The monoisotopic (exact) mass is 458 g/mol. The first-order valence-electron chi connectivity index (χ1n) is 12.5. The van der Waals surface area contributed by atoms with Gasteiger partial charge in [-0.1, -0.05) is 6.92 Å². The summed E-state index contributed by atoms with van der Waals surface area (Å²) in [5, 5.41) is 9.77. The van der Waals surface area contributed by atoms with E-state index in [0.717, 1.165) is 87.4 Å². The molecule has 0 saturated carbocycles. The van der Waals surface area contributed by atoms with Crippen molar-refractivity contribution < 1.29 is 4.39 Å². The van der Waals surface area contributed by atoms with E-state index in [0.29, 0.717) is 0 Å². The Kier molecular flexibility index (Phi) is 5.57. The number of H-pyrrole nitrogens is 1. The number of nitrogens with zero attached hydrogens (tertiary/aromatic N) is 5. The molecule has 0 spiro atoms. The van der Waals surface area contributed by atoms with Gasteiger partial charge in [0.05, 0.1) is 5.69 Å². The van der Waals surface area contributed by atoms with Gasteiger partial charge in [-0.15, -0.1) is 10.2 Å². The third-order valence-corrected chi connectivity index (χ3v) is 7.42. The number of nitrogens with one attached hydrogen (secondary N) is 1. The van der Waals surface area contributed by atoms with Gasteiger partial charge in [-0.3, -0.25) is 9.47 Å². The van der Waals surface area contributed by atoms with Crippen LogP contribution in [0.1, 0.15) is 36.1 Å². The molecular formula is C27H31FN6. The van der Waals surface area contributed by atoms with Crippen molar-refractivity contribution in [1.82, 2.24) is 24.6 Å². The van der Waals surface area contributed by atoms with Gasteiger partial charge in [-0.25, -0.2) is 4.39 Å². The Morgan fingerprint density at radius 2 is 1.88 bits per heavy atom. The highest BCUT2D eigenvalue weighted by atomic mass is 19.1. The molecule has 2 aliphatic rings. The lowest BCUT2D eigenvalue weighted by molar-refractivity contribution is 0.255. The molecule has 6 rings (SSSR count). The Morgan fingerprint density at radius 1 is 1.00 bits per heavy atom. The predicted octanol–water partition coefficient (Wildman–Crippen LogP) is 4.30. The number of rotatable bonds is 6. The molecular weight excluding hydrogens is 427 g/mol. The molecule has 2 aromatic carbocycles. The van der Waals surface area contributed by atoms with Crippen LogP contribution in [-0.2, 0) is 25.7 Å². The van der Waals surface area contributed by atoms with Crippen molar-refractivity contribution >= 4 is 16.6 Å². The minimum atomic E-state index is -0.167. The van der Waals surface area contributed by atoms with Crippen molar-refractivity contribution in [2.75, 3.05) is 37.6 Å². The Morgan fingerprint density at radius 3 is 2.74 bits per heavy atom. The standard InChI is InChI=1S/C27H31FN6/c1-2-26-30-31-27-10-5-19-16-22(7-9-25(19)34(26)27)33-14-12-32(13-15-33)11-3-4-20-18-29-24-8-6-21(28)17-23(20)24/h6-9,16-18,29H,2-5,10-15H2,1H3. The zero-order valence-corrected chi connectivity index (χ0v) is 19.7. The molecule has 176 valence electrons. The molecule has 6 nitrogen and oxygen atoms in total. The Bertz CT molecular complexity index is 1300. The van der Waals surface area contributed by atoms with Crippen LogP contribution in [0.25, 0.3) is 16.6 Å². The molecule has 2 aromatic heterocycles. The van der Waals surface area contributed by atoms with Crippen molar-refractivity contribution in [3.8, 4) is 5.69 Å². The molecule has 0 radical (unpaired) electrons. The van der Waals surface area contributed by atoms with E-state index in [9.17, 15) is 4.39 Å². The number of hydrogen-bond acceptors (Lipinski definition) is 4. The number of anilines is 1. The van der Waals surface area contributed by atoms with Crippen LogP contribution in [0.15, 0.2) is 42.6 Å². The van der Waals surface area contributed by atoms with Gasteiger partial charge >= 0.3 is 0 Å². The SMILES string of the molecule is CCc1nnc2n1-c1ccc(N3CCN(CCCc4c[nH]c5ccc(F)cc45)CC3)cc1CC2. The summed E-state index contributed by atoms with van der Waals surface area (Å²) in [4.78, 5) is 8.34. The maximum absolute atomic E-state index is 13.6. The van der Waals surface area contributed by atoms with Crippen molar-refractivity contribution in [2.24, 2.45) is 0 Å². The van der Waals surface area contributed by atoms with Crippen LogP contribution in [0.3, 0.4) is 0 Å². The highest BCUT2D eigenvalue weighted by molar-refractivity contribution is 5.83. The smallest absolute Gasteiger partial charge is 0.137 e. The minimum absolute atomic E-state index is 0.167. The lowest BCUT2D eigenvalue weighted by Gasteiger charge is -2.36. The lowest BCUT2D eigenvalue weighted by atomic mass is 10.0. The zero-order chi connectivity index (χ0) is 23.1. The Labute approximate surface area is 199 Å². The van der Waals surface area contributed by atoms with E-state index in [4.69, 9.17) is 0 Å². The van der Waals surface area contributed by atoms with Crippen LogP contribution in [0.4, 0.5) is 10.1 Å². The van der Waals surface area contributed by atoms with Crippen LogP contribution in [-0.4, -0.2) is 57.4 Å². The quantitative estimate of drug-likeness (QED) is 0.468. The van der Waals surface area contributed by atoms with Crippen molar-refractivity contribution in [3.63, 3.8) is 0 Å². The summed E-state index contributed by atoms with van der Waals surface area (Å²) in [5.41, 5.74) is 6.21. The number of halogens is 1. The second-order valence-electron chi connectivity index (χ2n) is 9.47. The van der Waals surface area contributed by atoms with E-state index in [-0.39, 0.29) is 5.82 Å². The highest BCUT2D eigenvalue weighted by Gasteiger charge is 2.23. The topological polar surface area (TPSA) is 53.0 Å². The summed E-state index contributed by atoms with van der Waals surface area (Å²) in [6.07, 6.45) is 6.98. The molecule has 4 heterocycles. The van der Waals surface area contributed by atoms with Gasteiger partial charge in [0.2, 0.25) is 0 Å². The summed E-state index contributed by atoms with van der Waals surface area (Å²) in [7, 11) is 0. The van der Waals surface area contributed by atoms with Gasteiger partial charge in [-0.2, -0.15) is 0 Å². The first kappa shape index (κ1) is 21.4. The molecule has 0 atom stereocenters. The first-order valence-corrected chi connectivity index (χ1v) is 12.5. The Balaban J connectivity index is 1.06. The van der Waals surface area contributed by atoms with E-state index in [2.05, 4.69) is 54.7 Å². The number of aromatic nitrogens is 4. The number of hydrogen-bond donors (Lipinski definition) is 1. The van der Waals surface area contributed by atoms with Gasteiger partial charge in [0.25, 0.3) is 0 Å². The van der Waals surface area contributed by atoms with Crippen LogP contribution in [0.5, 0.6) is 0 Å². The minimum Gasteiger partial charge on any atom is -0.369 e. The summed E-state index contributed by atoms with van der Waals surface area (Å²) in [5.74, 6) is 1.97. The summed E-state index contributed by atoms with van der Waals surface area (Å²) in [6, 6.07) is 11.9. The molecule has 0 aliphatic carbocycles. The first-order chi connectivity index (χ1) is 16.7. The molecule has 2 aliphatic heterocycles. The molecule has 0 unspecified atom stereocenters. The van der Waals surface area contributed by atoms with Crippen LogP contribution in [0, 0.1) is 5.82 Å². The van der Waals surface area contributed by atoms with Crippen molar-refractivity contribution in [2.45, 2.75) is 39.0 Å².